The number of rotatable bonds is 0. The third kappa shape index (κ3) is 1.53. The summed E-state index contributed by atoms with van der Waals surface area (Å²) in [6.07, 6.45) is 0. The minimum absolute atomic E-state index is 0.585. The number of nitrogens with one attached hydrogen (secondary N) is 2. The van der Waals surface area contributed by atoms with Crippen LogP contribution in [0.15, 0.2) is 0 Å². The van der Waals surface area contributed by atoms with Crippen molar-refractivity contribution in [2.75, 3.05) is 0 Å². The standard InChI is InChI=1S/C5H2N2S4Se/c8-2-1-3(7-4(9)6-2)11-5(12)10-1/h(H2,6,7,8,9). The summed E-state index contributed by atoms with van der Waals surface area (Å²) in [5, 5.41) is 0. The van der Waals surface area contributed by atoms with Crippen LogP contribution in [0.3, 0.4) is 0 Å². The van der Waals surface area contributed by atoms with E-state index < -0.39 is 0 Å². The molecule has 0 saturated carbocycles. The number of aromatic nitrogens is 2. The normalized spacial score (nSPS) is 10.7. The van der Waals surface area contributed by atoms with Gasteiger partial charge in [0.25, 0.3) is 0 Å². The SMILES string of the molecule is S=c1[nH]c(=S)c2sc(=[Se])sc2[nH]1. The summed E-state index contributed by atoms with van der Waals surface area (Å²) in [6.45, 7) is 0. The number of aromatic amines is 2. The molecule has 2 aromatic rings. The molecule has 2 heterocycles. The first-order valence-corrected chi connectivity index (χ1v) is 6.23. The van der Waals surface area contributed by atoms with Crippen LogP contribution >= 0.6 is 47.1 Å². The maximum atomic E-state index is 5.12. The molecule has 0 unspecified atom stereocenters. The summed E-state index contributed by atoms with van der Waals surface area (Å²) in [4.78, 5) is 7.00. The zero-order valence-corrected chi connectivity index (χ0v) is 10.5. The summed E-state index contributed by atoms with van der Waals surface area (Å²) in [7, 11) is 0. The molecule has 0 radical (unpaired) electrons. The summed E-state index contributed by atoms with van der Waals surface area (Å²) in [5.74, 6) is 0. The predicted octanol–water partition coefficient (Wildman–Crippen LogP) is 2.78. The van der Waals surface area contributed by atoms with E-state index in [0.717, 1.165) is 16.9 Å². The zero-order chi connectivity index (χ0) is 8.72. The first-order valence-electron chi connectivity index (χ1n) is 2.93. The Morgan fingerprint density at radius 1 is 1.17 bits per heavy atom. The minimum atomic E-state index is 0.585. The second-order valence-corrected chi connectivity index (χ2v) is 7.16. The van der Waals surface area contributed by atoms with E-state index in [-0.39, 0.29) is 0 Å². The van der Waals surface area contributed by atoms with E-state index in [2.05, 4.69) is 25.5 Å². The van der Waals surface area contributed by atoms with Crippen molar-refractivity contribution in [1.29, 1.82) is 0 Å². The number of hydrogen-bond donors (Lipinski definition) is 2. The molecule has 0 aromatic carbocycles. The van der Waals surface area contributed by atoms with Gasteiger partial charge in [0.2, 0.25) is 0 Å². The van der Waals surface area contributed by atoms with Gasteiger partial charge in [-0.3, -0.25) is 0 Å². The molecular weight excluding hydrogens is 295 g/mol. The van der Waals surface area contributed by atoms with Crippen LogP contribution in [0, 0.1) is 12.1 Å². The van der Waals surface area contributed by atoms with E-state index in [9.17, 15) is 0 Å². The fourth-order valence-corrected chi connectivity index (χ4v) is 4.47. The fourth-order valence-electron chi connectivity index (χ4n) is 0.806. The number of hydrogen-bond acceptors (Lipinski definition) is 4. The number of fused-ring (bicyclic) bond motifs is 1. The van der Waals surface area contributed by atoms with Crippen molar-refractivity contribution in [2.24, 2.45) is 0 Å². The van der Waals surface area contributed by atoms with E-state index in [1.165, 1.54) is 0 Å². The number of H-pyrrole nitrogens is 2. The third-order valence-electron chi connectivity index (χ3n) is 1.24. The second kappa shape index (κ2) is 3.25. The van der Waals surface area contributed by atoms with Crippen molar-refractivity contribution < 1.29 is 0 Å². The van der Waals surface area contributed by atoms with Crippen LogP contribution in [0.4, 0.5) is 0 Å². The molecule has 0 aliphatic heterocycles. The quantitative estimate of drug-likeness (QED) is 0.579. The Morgan fingerprint density at radius 3 is 2.67 bits per heavy atom. The predicted molar refractivity (Wildman–Crippen MR) is 59.1 cm³/mol. The monoisotopic (exact) mass is 298 g/mol. The van der Waals surface area contributed by atoms with Crippen molar-refractivity contribution in [3.63, 3.8) is 0 Å². The molecule has 2 N–H and O–H groups in total. The van der Waals surface area contributed by atoms with Crippen LogP contribution < -0.4 is 0 Å². The van der Waals surface area contributed by atoms with Gasteiger partial charge in [0.1, 0.15) is 0 Å². The second-order valence-electron chi connectivity index (χ2n) is 2.02. The molecule has 12 heavy (non-hydrogen) atoms. The van der Waals surface area contributed by atoms with Gasteiger partial charge in [0, 0.05) is 0 Å². The molecule has 62 valence electrons. The summed E-state index contributed by atoms with van der Waals surface area (Å²) < 4.78 is 3.52. The molecule has 0 saturated heterocycles. The molecule has 0 fully saturated rings. The van der Waals surface area contributed by atoms with Gasteiger partial charge < -0.3 is 0 Å². The van der Waals surface area contributed by atoms with Crippen LogP contribution in [-0.2, 0) is 0 Å². The zero-order valence-electron chi connectivity index (χ0n) is 5.54. The molecule has 0 atom stereocenters. The Morgan fingerprint density at radius 2 is 1.92 bits per heavy atom. The van der Waals surface area contributed by atoms with E-state index in [1.807, 2.05) is 0 Å². The topological polar surface area (TPSA) is 31.6 Å². The van der Waals surface area contributed by atoms with Crippen LogP contribution in [0.2, 0.25) is 0 Å². The van der Waals surface area contributed by atoms with Crippen LogP contribution in [0.5, 0.6) is 0 Å². The Labute approximate surface area is 93.7 Å². The van der Waals surface area contributed by atoms with Gasteiger partial charge >= 0.3 is 94.3 Å². The van der Waals surface area contributed by atoms with Crippen LogP contribution in [-0.4, -0.2) is 25.5 Å². The molecule has 0 bridgehead atoms. The molecule has 0 amide bonds. The van der Waals surface area contributed by atoms with E-state index in [1.54, 1.807) is 22.7 Å². The first-order chi connectivity index (χ1) is 5.66. The molecule has 7 heteroatoms. The van der Waals surface area contributed by atoms with Gasteiger partial charge in [-0.05, 0) is 0 Å². The average Bonchev–Trinajstić information content (AvgIpc) is 2.29. The Hall–Kier alpha value is 0.349. The summed E-state index contributed by atoms with van der Waals surface area (Å²) >= 11 is 16.3. The van der Waals surface area contributed by atoms with Crippen LogP contribution in [0.1, 0.15) is 0 Å². The van der Waals surface area contributed by atoms with Crippen molar-refractivity contribution in [3.05, 3.63) is 12.1 Å². The Kier molecular flexibility index (Phi) is 2.42. The average molecular weight is 297 g/mol. The van der Waals surface area contributed by atoms with Crippen LogP contribution in [0.25, 0.3) is 9.53 Å². The Bertz CT molecular complexity index is 585. The maximum absolute atomic E-state index is 5.12. The van der Waals surface area contributed by atoms with Crippen molar-refractivity contribution in [3.8, 4) is 0 Å². The van der Waals surface area contributed by atoms with E-state index in [4.69, 9.17) is 24.4 Å². The van der Waals surface area contributed by atoms with Gasteiger partial charge in [-0.1, -0.05) is 0 Å². The van der Waals surface area contributed by atoms with Gasteiger partial charge in [-0.25, -0.2) is 0 Å². The summed E-state index contributed by atoms with van der Waals surface area (Å²) in [5.41, 5.74) is 0. The van der Waals surface area contributed by atoms with E-state index >= 15 is 0 Å². The molecule has 0 aliphatic carbocycles. The summed E-state index contributed by atoms with van der Waals surface area (Å²) in [6, 6.07) is 0. The van der Waals surface area contributed by atoms with Gasteiger partial charge in [-0.15, -0.1) is 0 Å². The molecule has 2 aromatic heterocycles. The molecule has 0 spiro atoms. The Balaban J connectivity index is 3.18. The van der Waals surface area contributed by atoms with Crippen molar-refractivity contribution in [2.45, 2.75) is 0 Å². The van der Waals surface area contributed by atoms with E-state index in [0.29, 0.717) is 4.77 Å². The molecule has 2 nitrogen and oxygen atoms in total. The molecule has 2 rings (SSSR count). The van der Waals surface area contributed by atoms with Gasteiger partial charge in [-0.2, -0.15) is 0 Å². The molecule has 0 aliphatic rings. The van der Waals surface area contributed by atoms with Gasteiger partial charge in [0.15, 0.2) is 0 Å². The fraction of sp³-hybridized carbons (Fsp3) is 0. The van der Waals surface area contributed by atoms with Gasteiger partial charge in [0.05, 0.1) is 0 Å². The third-order valence-corrected chi connectivity index (χ3v) is 5.01. The van der Waals surface area contributed by atoms with Crippen molar-refractivity contribution >= 4 is 72.2 Å². The molecular formula is C5H2N2S4Se. The first kappa shape index (κ1) is 8.93. The van der Waals surface area contributed by atoms with Crippen molar-refractivity contribution in [1.82, 2.24) is 9.97 Å².